The Morgan fingerprint density at radius 3 is 2.35 bits per heavy atom. The van der Waals surface area contributed by atoms with Crippen molar-refractivity contribution < 1.29 is 13.7 Å². The maximum absolute atomic E-state index is 13.0. The molecule has 0 aliphatic carbocycles. The zero-order chi connectivity index (χ0) is 18.7. The van der Waals surface area contributed by atoms with Crippen molar-refractivity contribution in [3.63, 3.8) is 0 Å². The first kappa shape index (κ1) is 18.5. The van der Waals surface area contributed by atoms with Gasteiger partial charge in [0.2, 0.25) is 0 Å². The molecule has 1 atom stereocenters. The van der Waals surface area contributed by atoms with Crippen molar-refractivity contribution >= 4 is 29.0 Å². The summed E-state index contributed by atoms with van der Waals surface area (Å²) in [5.74, 6) is 0. The molecular formula is C21H23NO3S. The quantitative estimate of drug-likeness (QED) is 0.544. The summed E-state index contributed by atoms with van der Waals surface area (Å²) in [5.41, 5.74) is 1.96. The molecule has 0 spiro atoms. The van der Waals surface area contributed by atoms with Gasteiger partial charge in [0.25, 0.3) is 0 Å². The second-order valence-corrected chi connectivity index (χ2v) is 7.52. The van der Waals surface area contributed by atoms with Crippen LogP contribution in [0.15, 0.2) is 60.7 Å². The minimum Gasteiger partial charge on any atom is -0.443 e. The lowest BCUT2D eigenvalue weighted by atomic mass is 10.1. The molecule has 1 unspecified atom stereocenters. The molecule has 4 nitrogen and oxygen atoms in total. The van der Waals surface area contributed by atoms with E-state index in [-0.39, 0.29) is 6.10 Å². The Morgan fingerprint density at radius 2 is 1.69 bits per heavy atom. The molecule has 0 N–H and O–H groups in total. The van der Waals surface area contributed by atoms with Gasteiger partial charge < -0.3 is 8.92 Å². The lowest BCUT2D eigenvalue weighted by Gasteiger charge is -2.23. The van der Waals surface area contributed by atoms with Crippen molar-refractivity contribution in [3.8, 4) is 0 Å². The van der Waals surface area contributed by atoms with Crippen LogP contribution in [0, 0.1) is 0 Å². The number of rotatable bonds is 4. The van der Waals surface area contributed by atoms with Gasteiger partial charge in [-0.15, -0.1) is 0 Å². The molecule has 136 valence electrons. The Bertz CT molecular complexity index is 897. The number of hydrogen-bond acceptors (Lipinski definition) is 4. The number of fused-ring (bicyclic) bond motifs is 1. The van der Waals surface area contributed by atoms with E-state index in [9.17, 15) is 4.79 Å². The fraction of sp³-hybridized carbons (Fsp3) is 0.286. The van der Waals surface area contributed by atoms with Gasteiger partial charge in [0.05, 0.1) is 11.2 Å². The van der Waals surface area contributed by atoms with Gasteiger partial charge in [-0.25, -0.2) is 9.36 Å². The largest absolute Gasteiger partial charge is 0.443 e. The van der Waals surface area contributed by atoms with Gasteiger partial charge >= 0.3 is 6.09 Å². The highest BCUT2D eigenvalue weighted by Gasteiger charge is 2.27. The van der Waals surface area contributed by atoms with Gasteiger partial charge in [0.15, 0.2) is 0 Å². The van der Waals surface area contributed by atoms with Crippen LogP contribution in [0.25, 0.3) is 10.9 Å². The van der Waals surface area contributed by atoms with Gasteiger partial charge in [-0.2, -0.15) is 0 Å². The molecule has 0 saturated carbocycles. The standard InChI is InChI=1S/C21H23NO3S/c1-21(2,3)24-20(23)22-17-13-9-8-12-16(17)14-18(22)19(25-26-4)15-10-6-5-7-11-15/h5-14,19H,1-4H3. The van der Waals surface area contributed by atoms with Crippen molar-refractivity contribution in [1.29, 1.82) is 0 Å². The number of nitrogens with zero attached hydrogens (tertiary/aromatic N) is 1. The van der Waals surface area contributed by atoms with E-state index in [4.69, 9.17) is 8.92 Å². The fourth-order valence-corrected chi connectivity index (χ4v) is 3.28. The lowest BCUT2D eigenvalue weighted by molar-refractivity contribution is 0.0532. The molecule has 0 radical (unpaired) electrons. The van der Waals surface area contributed by atoms with Gasteiger partial charge in [-0.3, -0.25) is 0 Å². The highest BCUT2D eigenvalue weighted by Crippen LogP contribution is 2.34. The van der Waals surface area contributed by atoms with Crippen molar-refractivity contribution in [3.05, 3.63) is 71.9 Å². The Hall–Kier alpha value is -2.24. The second-order valence-electron chi connectivity index (χ2n) is 7.00. The van der Waals surface area contributed by atoms with Crippen LogP contribution in [0.4, 0.5) is 4.79 Å². The summed E-state index contributed by atoms with van der Waals surface area (Å²) in [6, 6.07) is 19.7. The van der Waals surface area contributed by atoms with E-state index in [1.54, 1.807) is 4.57 Å². The average Bonchev–Trinajstić information content (AvgIpc) is 2.98. The third-order valence-corrected chi connectivity index (χ3v) is 4.26. The molecular weight excluding hydrogens is 346 g/mol. The first-order valence-electron chi connectivity index (χ1n) is 8.49. The summed E-state index contributed by atoms with van der Waals surface area (Å²) in [6.07, 6.45) is 1.08. The third-order valence-electron chi connectivity index (χ3n) is 3.88. The fourth-order valence-electron chi connectivity index (χ4n) is 2.88. The van der Waals surface area contributed by atoms with E-state index in [0.717, 1.165) is 22.2 Å². The molecule has 1 aromatic heterocycles. The smallest absolute Gasteiger partial charge is 0.419 e. The molecule has 0 aliphatic rings. The molecule has 2 aromatic carbocycles. The number of para-hydroxylation sites is 1. The summed E-state index contributed by atoms with van der Waals surface area (Å²) in [4.78, 5) is 13.0. The van der Waals surface area contributed by atoms with E-state index in [1.807, 2.05) is 87.7 Å². The Morgan fingerprint density at radius 1 is 1.04 bits per heavy atom. The van der Waals surface area contributed by atoms with Gasteiger partial charge in [0.1, 0.15) is 11.7 Å². The first-order chi connectivity index (χ1) is 12.4. The van der Waals surface area contributed by atoms with Crippen molar-refractivity contribution in [1.82, 2.24) is 4.57 Å². The normalized spacial score (nSPS) is 12.9. The van der Waals surface area contributed by atoms with Crippen molar-refractivity contribution in [2.45, 2.75) is 32.5 Å². The molecule has 0 fully saturated rings. The monoisotopic (exact) mass is 369 g/mol. The highest BCUT2D eigenvalue weighted by molar-refractivity contribution is 7.93. The number of benzene rings is 2. The minimum absolute atomic E-state index is 0.383. The van der Waals surface area contributed by atoms with Crippen LogP contribution in [0.5, 0.6) is 0 Å². The molecule has 0 amide bonds. The number of aromatic nitrogens is 1. The predicted molar refractivity (Wildman–Crippen MR) is 106 cm³/mol. The third kappa shape index (κ3) is 3.94. The Labute approximate surface area is 158 Å². The van der Waals surface area contributed by atoms with Crippen LogP contribution in [0.3, 0.4) is 0 Å². The van der Waals surface area contributed by atoms with E-state index in [1.165, 1.54) is 12.0 Å². The molecule has 3 rings (SSSR count). The van der Waals surface area contributed by atoms with Gasteiger partial charge in [0, 0.05) is 11.6 Å². The van der Waals surface area contributed by atoms with Crippen molar-refractivity contribution in [2.75, 3.05) is 6.26 Å². The number of ether oxygens (including phenoxy) is 1. The summed E-state index contributed by atoms with van der Waals surface area (Å²) < 4.78 is 13.2. The van der Waals surface area contributed by atoms with Crippen LogP contribution >= 0.6 is 12.0 Å². The molecule has 5 heteroatoms. The molecule has 26 heavy (non-hydrogen) atoms. The number of carbonyl (C=O) groups excluding carboxylic acids is 1. The molecule has 1 heterocycles. The van der Waals surface area contributed by atoms with E-state index in [0.29, 0.717) is 0 Å². The highest BCUT2D eigenvalue weighted by atomic mass is 32.2. The van der Waals surface area contributed by atoms with Crippen LogP contribution in [0.1, 0.15) is 38.1 Å². The predicted octanol–water partition coefficient (Wildman–Crippen LogP) is 5.81. The van der Waals surface area contributed by atoms with Crippen LogP contribution in [0.2, 0.25) is 0 Å². The lowest BCUT2D eigenvalue weighted by Crippen LogP contribution is -2.28. The molecule has 0 saturated heterocycles. The molecule has 0 bridgehead atoms. The zero-order valence-electron chi connectivity index (χ0n) is 15.4. The Kier molecular flexibility index (Phi) is 5.39. The van der Waals surface area contributed by atoms with Gasteiger partial charge in [-0.05, 0) is 50.5 Å². The Balaban J connectivity index is 2.17. The zero-order valence-corrected chi connectivity index (χ0v) is 16.2. The second kappa shape index (κ2) is 7.56. The van der Waals surface area contributed by atoms with Gasteiger partial charge in [-0.1, -0.05) is 48.5 Å². The van der Waals surface area contributed by atoms with E-state index in [2.05, 4.69) is 0 Å². The van der Waals surface area contributed by atoms with Crippen LogP contribution in [-0.2, 0) is 8.92 Å². The molecule has 0 aliphatic heterocycles. The summed E-state index contributed by atoms with van der Waals surface area (Å²) in [5, 5.41) is 0.971. The summed E-state index contributed by atoms with van der Waals surface area (Å²) >= 11 is 1.28. The maximum atomic E-state index is 13.0. The number of hydrogen-bond donors (Lipinski definition) is 0. The molecule has 3 aromatic rings. The first-order valence-corrected chi connectivity index (χ1v) is 9.64. The van der Waals surface area contributed by atoms with Crippen molar-refractivity contribution in [2.24, 2.45) is 0 Å². The number of carbonyl (C=O) groups is 1. The van der Waals surface area contributed by atoms with Crippen LogP contribution in [-0.4, -0.2) is 22.5 Å². The SMILES string of the molecule is CSOC(c1ccccc1)c1cc2ccccc2n1C(=O)OC(C)(C)C. The van der Waals surface area contributed by atoms with Crippen LogP contribution < -0.4 is 0 Å². The van der Waals surface area contributed by atoms with E-state index < -0.39 is 11.7 Å². The average molecular weight is 369 g/mol. The van der Waals surface area contributed by atoms with E-state index >= 15 is 0 Å². The summed E-state index contributed by atoms with van der Waals surface area (Å²) in [6.45, 7) is 5.59. The maximum Gasteiger partial charge on any atom is 0.419 e. The topological polar surface area (TPSA) is 40.5 Å². The minimum atomic E-state index is -0.581. The summed E-state index contributed by atoms with van der Waals surface area (Å²) in [7, 11) is 0.